The van der Waals surface area contributed by atoms with Crippen molar-refractivity contribution in [3.05, 3.63) is 70.1 Å². The van der Waals surface area contributed by atoms with Gasteiger partial charge in [-0.25, -0.2) is 4.79 Å². The van der Waals surface area contributed by atoms with Crippen molar-refractivity contribution in [1.29, 1.82) is 0 Å². The predicted molar refractivity (Wildman–Crippen MR) is 100 cm³/mol. The van der Waals surface area contributed by atoms with E-state index in [-0.39, 0.29) is 29.1 Å². The molecule has 0 aliphatic heterocycles. The average molecular weight is 370 g/mol. The monoisotopic (exact) mass is 370 g/mol. The molecule has 0 fully saturated rings. The van der Waals surface area contributed by atoms with Crippen LogP contribution in [0.5, 0.6) is 5.75 Å². The van der Waals surface area contributed by atoms with Crippen molar-refractivity contribution in [3.63, 3.8) is 0 Å². The number of hydrogen-bond acceptors (Lipinski definition) is 5. The highest BCUT2D eigenvalue weighted by Crippen LogP contribution is 2.36. The second-order valence-electron chi connectivity index (χ2n) is 6.13. The van der Waals surface area contributed by atoms with E-state index in [0.717, 1.165) is 0 Å². The Balaban J connectivity index is 2.20. The SMILES string of the molecule is CC(=O)CC(c1ccc(S(C)=O)cc1)c1c(O)c2ccccc2oc1=O. The van der Waals surface area contributed by atoms with Crippen LogP contribution in [0.15, 0.2) is 62.6 Å². The summed E-state index contributed by atoms with van der Waals surface area (Å²) in [4.78, 5) is 25.0. The van der Waals surface area contributed by atoms with E-state index >= 15 is 0 Å². The van der Waals surface area contributed by atoms with E-state index in [1.165, 1.54) is 6.92 Å². The molecule has 0 aliphatic carbocycles. The van der Waals surface area contributed by atoms with Gasteiger partial charge in [0, 0.05) is 34.3 Å². The minimum absolute atomic E-state index is 0.0468. The van der Waals surface area contributed by atoms with E-state index in [1.807, 2.05) is 0 Å². The Bertz CT molecular complexity index is 1050. The first-order valence-electron chi connectivity index (χ1n) is 8.06. The van der Waals surface area contributed by atoms with Gasteiger partial charge in [-0.05, 0) is 36.8 Å². The summed E-state index contributed by atoms with van der Waals surface area (Å²) in [7, 11) is -1.13. The smallest absolute Gasteiger partial charge is 0.343 e. The third-order valence-electron chi connectivity index (χ3n) is 4.27. The summed E-state index contributed by atoms with van der Waals surface area (Å²) >= 11 is 0. The van der Waals surface area contributed by atoms with Gasteiger partial charge in [-0.1, -0.05) is 24.3 Å². The maximum Gasteiger partial charge on any atom is 0.343 e. The molecule has 3 rings (SSSR count). The van der Waals surface area contributed by atoms with Gasteiger partial charge in [0.25, 0.3) is 0 Å². The molecule has 0 saturated carbocycles. The zero-order valence-corrected chi connectivity index (χ0v) is 15.2. The summed E-state index contributed by atoms with van der Waals surface area (Å²) in [6, 6.07) is 13.5. The van der Waals surface area contributed by atoms with Crippen LogP contribution < -0.4 is 5.63 Å². The Morgan fingerprint density at radius 3 is 2.42 bits per heavy atom. The van der Waals surface area contributed by atoms with E-state index in [4.69, 9.17) is 4.42 Å². The fourth-order valence-electron chi connectivity index (χ4n) is 3.02. The van der Waals surface area contributed by atoms with Gasteiger partial charge in [0.1, 0.15) is 17.1 Å². The van der Waals surface area contributed by atoms with Gasteiger partial charge in [0.05, 0.1) is 10.9 Å². The Morgan fingerprint density at radius 2 is 1.81 bits per heavy atom. The first kappa shape index (κ1) is 18.1. The number of carbonyl (C=O) groups excluding carboxylic acids is 1. The van der Waals surface area contributed by atoms with E-state index in [1.54, 1.807) is 54.8 Å². The first-order valence-corrected chi connectivity index (χ1v) is 9.62. The molecular formula is C20H18O5S. The fourth-order valence-corrected chi connectivity index (χ4v) is 3.54. The fraction of sp³-hybridized carbons (Fsp3) is 0.200. The molecule has 2 atom stereocenters. The number of ketones is 1. The topological polar surface area (TPSA) is 84.6 Å². The van der Waals surface area contributed by atoms with Crippen LogP contribution >= 0.6 is 0 Å². The quantitative estimate of drug-likeness (QED) is 0.696. The predicted octanol–water partition coefficient (Wildman–Crippen LogP) is 3.35. The Morgan fingerprint density at radius 1 is 1.15 bits per heavy atom. The lowest BCUT2D eigenvalue weighted by molar-refractivity contribution is -0.117. The molecule has 1 N–H and O–H groups in total. The van der Waals surface area contributed by atoms with Gasteiger partial charge in [-0.15, -0.1) is 0 Å². The summed E-state index contributed by atoms with van der Waals surface area (Å²) in [6.07, 6.45) is 1.62. The van der Waals surface area contributed by atoms with Crippen molar-refractivity contribution in [1.82, 2.24) is 0 Å². The summed E-state index contributed by atoms with van der Waals surface area (Å²) < 4.78 is 16.9. The molecule has 5 nitrogen and oxygen atoms in total. The molecule has 1 heterocycles. The number of Topliss-reactive ketones (excluding diaryl/α,β-unsaturated/α-hetero) is 1. The summed E-state index contributed by atoms with van der Waals surface area (Å²) in [5.41, 5.74) is 0.351. The number of fused-ring (bicyclic) bond motifs is 1. The van der Waals surface area contributed by atoms with Crippen LogP contribution in [0.1, 0.15) is 30.4 Å². The number of benzene rings is 2. The molecule has 1 aromatic heterocycles. The second-order valence-corrected chi connectivity index (χ2v) is 7.51. The number of rotatable bonds is 5. The molecule has 0 aliphatic rings. The molecule has 3 aromatic rings. The Kier molecular flexibility index (Phi) is 5.04. The van der Waals surface area contributed by atoms with Crippen molar-refractivity contribution in [3.8, 4) is 5.75 Å². The van der Waals surface area contributed by atoms with Gasteiger partial charge in [0.2, 0.25) is 0 Å². The lowest BCUT2D eigenvalue weighted by Gasteiger charge is -2.17. The number of hydrogen-bond donors (Lipinski definition) is 1. The maximum atomic E-state index is 12.5. The Labute approximate surface area is 152 Å². The summed E-state index contributed by atoms with van der Waals surface area (Å²) in [5.74, 6) is -0.941. The van der Waals surface area contributed by atoms with Gasteiger partial charge >= 0.3 is 5.63 Å². The van der Waals surface area contributed by atoms with Gasteiger partial charge in [0.15, 0.2) is 0 Å². The largest absolute Gasteiger partial charge is 0.507 e. The molecule has 6 heteroatoms. The summed E-state index contributed by atoms with van der Waals surface area (Å²) in [5, 5.41) is 11.1. The molecule has 26 heavy (non-hydrogen) atoms. The van der Waals surface area contributed by atoms with Gasteiger partial charge in [-0.2, -0.15) is 0 Å². The molecule has 2 unspecified atom stereocenters. The molecule has 0 saturated heterocycles. The highest BCUT2D eigenvalue weighted by Gasteiger charge is 2.26. The summed E-state index contributed by atoms with van der Waals surface area (Å²) in [6.45, 7) is 1.43. The maximum absolute atomic E-state index is 12.5. The number of aromatic hydroxyl groups is 1. The number of carbonyl (C=O) groups is 1. The van der Waals surface area contributed by atoms with Crippen molar-refractivity contribution >= 4 is 27.6 Å². The van der Waals surface area contributed by atoms with E-state index < -0.39 is 22.3 Å². The van der Waals surface area contributed by atoms with Crippen LogP contribution in [-0.2, 0) is 15.6 Å². The molecule has 134 valence electrons. The first-order chi connectivity index (χ1) is 12.4. The number of para-hydroxylation sites is 1. The third kappa shape index (κ3) is 3.46. The van der Waals surface area contributed by atoms with Gasteiger partial charge < -0.3 is 9.52 Å². The van der Waals surface area contributed by atoms with E-state index in [9.17, 15) is 18.9 Å². The van der Waals surface area contributed by atoms with Crippen LogP contribution in [0, 0.1) is 0 Å². The van der Waals surface area contributed by atoms with Crippen LogP contribution in [0.3, 0.4) is 0 Å². The average Bonchev–Trinajstić information content (AvgIpc) is 2.60. The molecular weight excluding hydrogens is 352 g/mol. The zero-order chi connectivity index (χ0) is 18.8. The van der Waals surface area contributed by atoms with Crippen molar-refractivity contribution in [2.24, 2.45) is 0 Å². The molecule has 2 aromatic carbocycles. The minimum Gasteiger partial charge on any atom is -0.507 e. The Hall–Kier alpha value is -2.73. The van der Waals surface area contributed by atoms with Crippen molar-refractivity contribution in [2.75, 3.05) is 6.26 Å². The van der Waals surface area contributed by atoms with Crippen molar-refractivity contribution in [2.45, 2.75) is 24.2 Å². The highest BCUT2D eigenvalue weighted by molar-refractivity contribution is 7.84. The van der Waals surface area contributed by atoms with Crippen LogP contribution in [0.2, 0.25) is 0 Å². The van der Waals surface area contributed by atoms with E-state index in [0.29, 0.717) is 15.8 Å². The molecule has 0 radical (unpaired) electrons. The third-order valence-corrected chi connectivity index (χ3v) is 5.21. The molecule has 0 amide bonds. The van der Waals surface area contributed by atoms with Crippen LogP contribution in [0.4, 0.5) is 0 Å². The van der Waals surface area contributed by atoms with E-state index in [2.05, 4.69) is 0 Å². The lowest BCUT2D eigenvalue weighted by atomic mass is 9.87. The standard InChI is InChI=1S/C20H18O5S/c1-12(21)11-16(13-7-9-14(10-8-13)26(2)24)18-19(22)15-5-3-4-6-17(15)25-20(18)23/h3-10,16,22H,11H2,1-2H3. The van der Waals surface area contributed by atoms with Crippen LogP contribution in [-0.4, -0.2) is 21.4 Å². The van der Waals surface area contributed by atoms with Crippen molar-refractivity contribution < 1.29 is 18.5 Å². The lowest BCUT2D eigenvalue weighted by Crippen LogP contribution is -2.16. The second kappa shape index (κ2) is 7.25. The molecule has 0 spiro atoms. The highest BCUT2D eigenvalue weighted by atomic mass is 32.2. The zero-order valence-electron chi connectivity index (χ0n) is 14.4. The molecule has 0 bridgehead atoms. The minimum atomic E-state index is -1.13. The van der Waals surface area contributed by atoms with Crippen LogP contribution in [0.25, 0.3) is 11.0 Å². The van der Waals surface area contributed by atoms with Gasteiger partial charge in [-0.3, -0.25) is 9.00 Å². The normalized spacial score (nSPS) is 13.5.